The monoisotopic (exact) mass is 418 g/mol. The Kier molecular flexibility index (Phi) is 5.06. The molecule has 3 aromatic rings. The van der Waals surface area contributed by atoms with Crippen LogP contribution in [0.15, 0.2) is 66.2 Å². The average molecular weight is 419 g/mol. The fourth-order valence-corrected chi connectivity index (χ4v) is 4.49. The molecule has 0 saturated carbocycles. The summed E-state index contributed by atoms with van der Waals surface area (Å²) < 4.78 is 0. The molecule has 1 aromatic heterocycles. The van der Waals surface area contributed by atoms with Gasteiger partial charge >= 0.3 is 0 Å². The Bertz CT molecular complexity index is 1020. The van der Waals surface area contributed by atoms with Crippen LogP contribution in [0.4, 0.5) is 0 Å². The summed E-state index contributed by atoms with van der Waals surface area (Å²) >= 11 is 1.35. The number of carbonyl (C=O) groups excluding carboxylic acids is 2. The zero-order valence-electron chi connectivity index (χ0n) is 16.4. The molecule has 152 valence electrons. The van der Waals surface area contributed by atoms with Gasteiger partial charge in [-0.25, -0.2) is 4.98 Å². The van der Waals surface area contributed by atoms with E-state index in [-0.39, 0.29) is 17.9 Å². The molecule has 0 spiro atoms. The topological polar surface area (TPSA) is 65.5 Å². The molecule has 1 N–H and O–H groups in total. The van der Waals surface area contributed by atoms with Crippen LogP contribution in [0.25, 0.3) is 11.1 Å². The summed E-state index contributed by atoms with van der Waals surface area (Å²) in [5.74, 6) is -0.0148. The first-order valence-corrected chi connectivity index (χ1v) is 10.9. The predicted octanol–water partition coefficient (Wildman–Crippen LogP) is 2.75. The molecule has 0 unspecified atom stereocenters. The van der Waals surface area contributed by atoms with Gasteiger partial charge in [0, 0.05) is 49.4 Å². The van der Waals surface area contributed by atoms with E-state index in [1.807, 2.05) is 47.4 Å². The molecule has 0 aliphatic carbocycles. The predicted molar refractivity (Wildman–Crippen MR) is 117 cm³/mol. The van der Waals surface area contributed by atoms with Crippen molar-refractivity contribution in [1.29, 1.82) is 0 Å². The number of hydrogen-bond acceptors (Lipinski definition) is 5. The molecule has 2 aliphatic heterocycles. The number of carbonyl (C=O) groups is 2. The second-order valence-corrected chi connectivity index (χ2v) is 8.66. The molecule has 2 aliphatic rings. The summed E-state index contributed by atoms with van der Waals surface area (Å²) in [4.78, 5) is 33.0. The highest BCUT2D eigenvalue weighted by atomic mass is 32.1. The van der Waals surface area contributed by atoms with Gasteiger partial charge in [-0.15, -0.1) is 11.3 Å². The van der Waals surface area contributed by atoms with E-state index in [9.17, 15) is 9.59 Å². The minimum Gasteiger partial charge on any atom is -0.345 e. The Labute approximate surface area is 179 Å². The summed E-state index contributed by atoms with van der Waals surface area (Å²) in [6.45, 7) is 3.14. The van der Waals surface area contributed by atoms with Crippen molar-refractivity contribution in [2.45, 2.75) is 12.1 Å². The van der Waals surface area contributed by atoms with Gasteiger partial charge in [0.2, 0.25) is 0 Å². The van der Waals surface area contributed by atoms with Crippen molar-refractivity contribution in [1.82, 2.24) is 20.1 Å². The standard InChI is InChI=1S/C23H22N4O2S/c28-21(22-24-10-11-30-22)25-19-12-26(13-19)20-14-27(15-20)23(29)18-8-6-17(7-9-18)16-4-2-1-3-5-16/h1-11,19-20H,12-15H2,(H,25,28). The highest BCUT2D eigenvalue weighted by molar-refractivity contribution is 7.11. The van der Waals surface area contributed by atoms with Crippen molar-refractivity contribution in [2.24, 2.45) is 0 Å². The molecule has 2 fully saturated rings. The van der Waals surface area contributed by atoms with E-state index < -0.39 is 0 Å². The number of nitrogens with zero attached hydrogens (tertiary/aromatic N) is 3. The number of nitrogens with one attached hydrogen (secondary N) is 1. The first-order valence-electron chi connectivity index (χ1n) is 10.1. The molecular formula is C23H22N4O2S. The Balaban J connectivity index is 1.09. The van der Waals surface area contributed by atoms with E-state index in [1.54, 1.807) is 11.6 Å². The van der Waals surface area contributed by atoms with E-state index >= 15 is 0 Å². The molecule has 3 heterocycles. The smallest absolute Gasteiger partial charge is 0.280 e. The van der Waals surface area contributed by atoms with Crippen molar-refractivity contribution in [2.75, 3.05) is 26.2 Å². The van der Waals surface area contributed by atoms with Crippen LogP contribution in [-0.2, 0) is 0 Å². The first-order chi connectivity index (χ1) is 14.7. The van der Waals surface area contributed by atoms with E-state index in [0.29, 0.717) is 11.0 Å². The number of hydrogen-bond donors (Lipinski definition) is 1. The van der Waals surface area contributed by atoms with Crippen LogP contribution in [0.5, 0.6) is 0 Å². The van der Waals surface area contributed by atoms with Crippen LogP contribution in [0.3, 0.4) is 0 Å². The van der Waals surface area contributed by atoms with Crippen LogP contribution in [0, 0.1) is 0 Å². The van der Waals surface area contributed by atoms with E-state index in [2.05, 4.69) is 27.3 Å². The lowest BCUT2D eigenvalue weighted by Crippen LogP contribution is -2.70. The Hall–Kier alpha value is -3.03. The molecule has 0 bridgehead atoms. The van der Waals surface area contributed by atoms with Crippen LogP contribution in [-0.4, -0.2) is 64.9 Å². The van der Waals surface area contributed by atoms with Crippen LogP contribution in [0.2, 0.25) is 0 Å². The molecule has 2 saturated heterocycles. The lowest BCUT2D eigenvalue weighted by molar-refractivity contribution is -0.00941. The lowest BCUT2D eigenvalue weighted by atomic mass is 9.98. The Morgan fingerprint density at radius 3 is 2.30 bits per heavy atom. The van der Waals surface area contributed by atoms with Crippen molar-refractivity contribution in [3.05, 3.63) is 76.7 Å². The number of likely N-dealkylation sites (tertiary alicyclic amines) is 2. The summed E-state index contributed by atoms with van der Waals surface area (Å²) in [6.07, 6.45) is 1.64. The molecular weight excluding hydrogens is 396 g/mol. The van der Waals surface area contributed by atoms with Gasteiger partial charge in [-0.05, 0) is 23.3 Å². The SMILES string of the molecule is O=C(NC1CN(C2CN(C(=O)c3ccc(-c4ccccc4)cc3)C2)C1)c1nccs1. The Morgan fingerprint density at radius 2 is 1.63 bits per heavy atom. The van der Waals surface area contributed by atoms with Crippen molar-refractivity contribution in [3.63, 3.8) is 0 Å². The minimum atomic E-state index is -0.0981. The molecule has 30 heavy (non-hydrogen) atoms. The van der Waals surface area contributed by atoms with Gasteiger partial charge in [0.15, 0.2) is 5.01 Å². The maximum atomic E-state index is 12.7. The van der Waals surface area contributed by atoms with E-state index in [4.69, 9.17) is 0 Å². The molecule has 5 rings (SSSR count). The average Bonchev–Trinajstić information content (AvgIpc) is 3.26. The second-order valence-electron chi connectivity index (χ2n) is 7.77. The first kappa shape index (κ1) is 19.0. The summed E-state index contributed by atoms with van der Waals surface area (Å²) in [5, 5.41) is 5.33. The van der Waals surface area contributed by atoms with Crippen LogP contribution >= 0.6 is 11.3 Å². The van der Waals surface area contributed by atoms with Crippen LogP contribution < -0.4 is 5.32 Å². The molecule has 0 atom stereocenters. The van der Waals surface area contributed by atoms with Gasteiger partial charge in [-0.2, -0.15) is 0 Å². The van der Waals surface area contributed by atoms with Crippen molar-refractivity contribution in [3.8, 4) is 11.1 Å². The highest BCUT2D eigenvalue weighted by Crippen LogP contribution is 2.24. The number of benzene rings is 2. The van der Waals surface area contributed by atoms with Gasteiger partial charge in [-0.3, -0.25) is 14.5 Å². The quantitative estimate of drug-likeness (QED) is 0.692. The van der Waals surface area contributed by atoms with Gasteiger partial charge in [0.05, 0.1) is 6.04 Å². The molecule has 2 aromatic carbocycles. The zero-order valence-corrected chi connectivity index (χ0v) is 17.2. The number of amides is 2. The van der Waals surface area contributed by atoms with E-state index in [0.717, 1.165) is 42.9 Å². The maximum absolute atomic E-state index is 12.7. The van der Waals surface area contributed by atoms with Crippen molar-refractivity contribution < 1.29 is 9.59 Å². The molecule has 0 radical (unpaired) electrons. The fraction of sp³-hybridized carbons (Fsp3) is 0.261. The van der Waals surface area contributed by atoms with Gasteiger partial charge in [0.25, 0.3) is 11.8 Å². The third kappa shape index (κ3) is 3.74. The summed E-state index contributed by atoms with van der Waals surface area (Å²) in [6, 6.07) is 18.5. The highest BCUT2D eigenvalue weighted by Gasteiger charge is 2.41. The normalized spacial score (nSPS) is 17.3. The number of aromatic nitrogens is 1. The number of rotatable bonds is 5. The third-order valence-corrected chi connectivity index (χ3v) is 6.55. The second kappa shape index (κ2) is 8.01. The van der Waals surface area contributed by atoms with Gasteiger partial charge in [-0.1, -0.05) is 42.5 Å². The largest absolute Gasteiger partial charge is 0.345 e. The summed E-state index contributed by atoms with van der Waals surface area (Å²) in [7, 11) is 0. The van der Waals surface area contributed by atoms with Crippen LogP contribution in [0.1, 0.15) is 20.2 Å². The number of thiazole rings is 1. The molecule has 7 heteroatoms. The molecule has 2 amide bonds. The zero-order chi connectivity index (χ0) is 20.5. The third-order valence-electron chi connectivity index (χ3n) is 5.78. The van der Waals surface area contributed by atoms with Gasteiger partial charge < -0.3 is 10.2 Å². The lowest BCUT2D eigenvalue weighted by Gasteiger charge is -2.51. The molecule has 6 nitrogen and oxygen atoms in total. The fourth-order valence-electron chi connectivity index (χ4n) is 3.96. The van der Waals surface area contributed by atoms with E-state index in [1.165, 1.54) is 11.3 Å². The van der Waals surface area contributed by atoms with Crippen molar-refractivity contribution >= 4 is 23.2 Å². The minimum absolute atomic E-state index is 0.0833. The maximum Gasteiger partial charge on any atom is 0.280 e. The van der Waals surface area contributed by atoms with Gasteiger partial charge in [0.1, 0.15) is 0 Å². The Morgan fingerprint density at radius 1 is 0.933 bits per heavy atom. The summed E-state index contributed by atoms with van der Waals surface area (Å²) in [5.41, 5.74) is 2.99.